The van der Waals surface area contributed by atoms with E-state index < -0.39 is 0 Å². The number of nitrogens with one attached hydrogen (secondary N) is 1. The standard InChI is InChI=1S/C17H29N5O/c1-2-21-11-14(20-12-21)9-19-17(23)7-15-5-6-16(8-18)22(15)10-13-3-4-13/h11-13,15-16H,2-10,18H2,1H3,(H,19,23)/t15-,16+/m0/s1. The molecule has 3 rings (SSSR count). The van der Waals surface area contributed by atoms with Crippen molar-refractivity contribution in [1.29, 1.82) is 0 Å². The molecule has 0 unspecified atom stereocenters. The maximum atomic E-state index is 12.3. The van der Waals surface area contributed by atoms with E-state index in [1.165, 1.54) is 12.8 Å². The van der Waals surface area contributed by atoms with Gasteiger partial charge < -0.3 is 15.6 Å². The second kappa shape index (κ2) is 7.45. The monoisotopic (exact) mass is 319 g/mol. The first-order valence-corrected chi connectivity index (χ1v) is 8.92. The van der Waals surface area contributed by atoms with Gasteiger partial charge in [-0.15, -0.1) is 0 Å². The van der Waals surface area contributed by atoms with Gasteiger partial charge in [-0.05, 0) is 38.5 Å². The van der Waals surface area contributed by atoms with E-state index in [1.54, 1.807) is 0 Å². The first kappa shape index (κ1) is 16.5. The van der Waals surface area contributed by atoms with E-state index in [1.807, 2.05) is 17.1 Å². The van der Waals surface area contributed by atoms with Crippen LogP contribution in [0.2, 0.25) is 0 Å². The van der Waals surface area contributed by atoms with Gasteiger partial charge in [0.2, 0.25) is 5.91 Å². The van der Waals surface area contributed by atoms with Crippen molar-refractivity contribution < 1.29 is 4.79 Å². The predicted octanol–water partition coefficient (Wildman–Crippen LogP) is 1.11. The van der Waals surface area contributed by atoms with Crippen LogP contribution >= 0.6 is 0 Å². The molecule has 2 fully saturated rings. The van der Waals surface area contributed by atoms with Gasteiger partial charge in [0.1, 0.15) is 0 Å². The van der Waals surface area contributed by atoms with E-state index in [-0.39, 0.29) is 5.91 Å². The smallest absolute Gasteiger partial charge is 0.221 e. The number of aryl methyl sites for hydroxylation is 1. The molecular weight excluding hydrogens is 290 g/mol. The van der Waals surface area contributed by atoms with Gasteiger partial charge in [0.25, 0.3) is 0 Å². The summed E-state index contributed by atoms with van der Waals surface area (Å²) < 4.78 is 2.02. The number of carbonyl (C=O) groups is 1. The van der Waals surface area contributed by atoms with Gasteiger partial charge in [-0.3, -0.25) is 9.69 Å². The average Bonchev–Trinajstić information content (AvgIpc) is 3.12. The van der Waals surface area contributed by atoms with Crippen molar-refractivity contribution in [3.63, 3.8) is 0 Å². The van der Waals surface area contributed by atoms with Crippen LogP contribution in [0.15, 0.2) is 12.5 Å². The Kier molecular flexibility index (Phi) is 5.33. The SMILES string of the molecule is CCn1cnc(CNC(=O)C[C@@H]2CC[C@H](CN)N2CC2CC2)c1. The Morgan fingerprint density at radius 2 is 2.13 bits per heavy atom. The van der Waals surface area contributed by atoms with Crippen LogP contribution in [0.4, 0.5) is 0 Å². The zero-order valence-corrected chi connectivity index (χ0v) is 14.1. The molecule has 1 aromatic rings. The van der Waals surface area contributed by atoms with Gasteiger partial charge >= 0.3 is 0 Å². The van der Waals surface area contributed by atoms with Crippen LogP contribution in [0.5, 0.6) is 0 Å². The van der Waals surface area contributed by atoms with Crippen LogP contribution in [0.1, 0.15) is 44.7 Å². The molecule has 128 valence electrons. The zero-order chi connectivity index (χ0) is 16.2. The van der Waals surface area contributed by atoms with E-state index in [2.05, 4.69) is 22.1 Å². The Morgan fingerprint density at radius 1 is 1.35 bits per heavy atom. The quantitative estimate of drug-likeness (QED) is 0.752. The molecule has 2 heterocycles. The molecule has 2 atom stereocenters. The van der Waals surface area contributed by atoms with Crippen molar-refractivity contribution in [3.05, 3.63) is 18.2 Å². The summed E-state index contributed by atoms with van der Waals surface area (Å²) >= 11 is 0. The van der Waals surface area contributed by atoms with Crippen molar-refractivity contribution in [2.24, 2.45) is 11.7 Å². The van der Waals surface area contributed by atoms with Crippen LogP contribution in [0.3, 0.4) is 0 Å². The molecule has 0 radical (unpaired) electrons. The molecule has 0 spiro atoms. The zero-order valence-electron chi connectivity index (χ0n) is 14.1. The third-order valence-corrected chi connectivity index (χ3v) is 5.15. The van der Waals surface area contributed by atoms with E-state index in [0.29, 0.717) is 31.6 Å². The summed E-state index contributed by atoms with van der Waals surface area (Å²) in [6, 6.07) is 0.825. The maximum absolute atomic E-state index is 12.3. The Morgan fingerprint density at radius 3 is 2.78 bits per heavy atom. The topological polar surface area (TPSA) is 76.2 Å². The molecule has 6 heteroatoms. The number of likely N-dealkylation sites (tertiary alicyclic amines) is 1. The maximum Gasteiger partial charge on any atom is 0.221 e. The van der Waals surface area contributed by atoms with Gasteiger partial charge in [-0.1, -0.05) is 0 Å². The number of aromatic nitrogens is 2. The fourth-order valence-electron chi connectivity index (χ4n) is 3.53. The highest BCUT2D eigenvalue weighted by Gasteiger charge is 2.37. The highest BCUT2D eigenvalue weighted by molar-refractivity contribution is 5.76. The fraction of sp³-hybridized carbons (Fsp3) is 0.765. The molecule has 2 aliphatic rings. The third kappa shape index (κ3) is 4.32. The van der Waals surface area contributed by atoms with E-state index in [4.69, 9.17) is 5.73 Å². The molecule has 1 saturated heterocycles. The summed E-state index contributed by atoms with van der Waals surface area (Å²) in [6.45, 7) is 5.33. The Balaban J connectivity index is 1.47. The lowest BCUT2D eigenvalue weighted by Gasteiger charge is -2.29. The summed E-state index contributed by atoms with van der Waals surface area (Å²) in [4.78, 5) is 19.1. The largest absolute Gasteiger partial charge is 0.350 e. The minimum Gasteiger partial charge on any atom is -0.350 e. The van der Waals surface area contributed by atoms with Gasteiger partial charge in [0.05, 0.1) is 18.6 Å². The molecule has 23 heavy (non-hydrogen) atoms. The van der Waals surface area contributed by atoms with Gasteiger partial charge in [-0.2, -0.15) is 0 Å². The second-order valence-electron chi connectivity index (χ2n) is 6.94. The number of rotatable bonds is 8. The van der Waals surface area contributed by atoms with Crippen LogP contribution in [0.25, 0.3) is 0 Å². The highest BCUT2D eigenvalue weighted by Crippen LogP contribution is 2.35. The third-order valence-electron chi connectivity index (χ3n) is 5.15. The molecule has 6 nitrogen and oxygen atoms in total. The number of nitrogens with zero attached hydrogens (tertiary/aromatic N) is 3. The van der Waals surface area contributed by atoms with E-state index in [9.17, 15) is 4.79 Å². The van der Waals surface area contributed by atoms with Crippen molar-refractivity contribution >= 4 is 5.91 Å². The molecule has 1 aliphatic heterocycles. The Hall–Kier alpha value is -1.40. The van der Waals surface area contributed by atoms with Crippen molar-refractivity contribution in [2.45, 2.75) is 64.2 Å². The summed E-state index contributed by atoms with van der Waals surface area (Å²) in [6.07, 6.45) is 9.27. The van der Waals surface area contributed by atoms with Crippen LogP contribution in [0, 0.1) is 5.92 Å². The molecule has 3 N–H and O–H groups in total. The minimum absolute atomic E-state index is 0.125. The van der Waals surface area contributed by atoms with Crippen molar-refractivity contribution in [3.8, 4) is 0 Å². The lowest BCUT2D eigenvalue weighted by Crippen LogP contribution is -2.43. The van der Waals surface area contributed by atoms with Gasteiger partial charge in [0.15, 0.2) is 0 Å². The first-order valence-electron chi connectivity index (χ1n) is 8.92. The number of hydrogen-bond acceptors (Lipinski definition) is 4. The Labute approximate surface area is 138 Å². The van der Waals surface area contributed by atoms with Crippen molar-refractivity contribution in [2.75, 3.05) is 13.1 Å². The second-order valence-corrected chi connectivity index (χ2v) is 6.94. The number of hydrogen-bond donors (Lipinski definition) is 2. The normalized spacial score (nSPS) is 25.0. The summed E-state index contributed by atoms with van der Waals surface area (Å²) in [5.41, 5.74) is 6.83. The number of nitrogens with two attached hydrogens (primary N) is 1. The summed E-state index contributed by atoms with van der Waals surface area (Å²) in [5.74, 6) is 0.963. The van der Waals surface area contributed by atoms with Crippen molar-refractivity contribution in [1.82, 2.24) is 19.8 Å². The molecular formula is C17H29N5O. The highest BCUT2D eigenvalue weighted by atomic mass is 16.1. The lowest BCUT2D eigenvalue weighted by molar-refractivity contribution is -0.122. The summed E-state index contributed by atoms with van der Waals surface area (Å²) in [7, 11) is 0. The molecule has 0 bridgehead atoms. The number of carbonyl (C=O) groups excluding carboxylic acids is 1. The van der Waals surface area contributed by atoms with Gasteiger partial charge in [0, 0.05) is 44.3 Å². The van der Waals surface area contributed by atoms with E-state index >= 15 is 0 Å². The first-order chi connectivity index (χ1) is 11.2. The fourth-order valence-corrected chi connectivity index (χ4v) is 3.53. The number of amides is 1. The van der Waals surface area contributed by atoms with Gasteiger partial charge in [-0.25, -0.2) is 4.98 Å². The molecule has 1 saturated carbocycles. The molecule has 1 aliphatic carbocycles. The predicted molar refractivity (Wildman–Crippen MR) is 89.7 cm³/mol. The Bertz CT molecular complexity index is 525. The van der Waals surface area contributed by atoms with Crippen LogP contribution < -0.4 is 11.1 Å². The lowest BCUT2D eigenvalue weighted by atomic mass is 10.1. The molecule has 1 aromatic heterocycles. The molecule has 1 amide bonds. The molecule has 0 aromatic carbocycles. The minimum atomic E-state index is 0.125. The summed E-state index contributed by atoms with van der Waals surface area (Å²) in [5, 5.41) is 3.01. The van der Waals surface area contributed by atoms with Crippen LogP contribution in [-0.4, -0.2) is 45.5 Å². The van der Waals surface area contributed by atoms with E-state index in [0.717, 1.165) is 37.5 Å². The number of imidazole rings is 1. The average molecular weight is 319 g/mol. The van der Waals surface area contributed by atoms with Crippen LogP contribution in [-0.2, 0) is 17.9 Å².